The van der Waals surface area contributed by atoms with Gasteiger partial charge in [-0.05, 0) is 12.5 Å². The monoisotopic (exact) mass is 222 g/mol. The molecule has 72 valence electrons. The number of rotatable bonds is 2. The number of aliphatic hydroxyl groups excluding tert-OH is 1. The van der Waals surface area contributed by atoms with Crippen LogP contribution in [-0.4, -0.2) is 9.94 Å². The molecule has 0 amide bonds. The number of alkyl halides is 2. The molecule has 1 N–H and O–H groups in total. The van der Waals surface area contributed by atoms with Crippen LogP contribution in [0.3, 0.4) is 0 Å². The van der Waals surface area contributed by atoms with E-state index in [-0.39, 0.29) is 5.56 Å². The zero-order valence-corrected chi connectivity index (χ0v) is 8.48. The second-order valence-corrected chi connectivity index (χ2v) is 3.92. The summed E-state index contributed by atoms with van der Waals surface area (Å²) in [6.07, 6.45) is -1.18. The van der Waals surface area contributed by atoms with Crippen LogP contribution in [-0.2, 0) is 0 Å². The molecule has 13 heavy (non-hydrogen) atoms. The second kappa shape index (κ2) is 4.27. The summed E-state index contributed by atoms with van der Waals surface area (Å²) in [5, 5.41) is 9.40. The van der Waals surface area contributed by atoms with Crippen LogP contribution in [0.2, 0.25) is 0 Å². The Kier molecular flexibility index (Phi) is 3.54. The minimum Gasteiger partial charge on any atom is -0.385 e. The molecular weight excluding hydrogens is 214 g/mol. The molecule has 1 aromatic carbocycles. The van der Waals surface area contributed by atoms with Gasteiger partial charge in [0.05, 0.1) is 0 Å². The van der Waals surface area contributed by atoms with E-state index in [9.17, 15) is 9.50 Å². The summed E-state index contributed by atoms with van der Waals surface area (Å²) in [6, 6.07) is 4.72. The van der Waals surface area contributed by atoms with Gasteiger partial charge in [-0.1, -0.05) is 18.2 Å². The Balaban J connectivity index is 3.07. The van der Waals surface area contributed by atoms with Crippen molar-refractivity contribution >= 4 is 23.2 Å². The number of hydrogen-bond donors (Lipinski definition) is 1. The topological polar surface area (TPSA) is 20.2 Å². The largest absolute Gasteiger partial charge is 0.385 e. The number of halogens is 3. The van der Waals surface area contributed by atoms with Crippen molar-refractivity contribution in [1.29, 1.82) is 0 Å². The Hall–Kier alpha value is -0.310. The van der Waals surface area contributed by atoms with Crippen molar-refractivity contribution in [3.63, 3.8) is 0 Å². The molecule has 1 unspecified atom stereocenters. The molecule has 1 atom stereocenters. The molecule has 0 spiro atoms. The molecule has 1 nitrogen and oxygen atoms in total. The summed E-state index contributed by atoms with van der Waals surface area (Å²) >= 11 is 10.9. The number of aryl methyl sites for hydroxylation is 1. The summed E-state index contributed by atoms with van der Waals surface area (Å²) in [4.78, 5) is -1.02. The van der Waals surface area contributed by atoms with Crippen LogP contribution >= 0.6 is 23.2 Å². The van der Waals surface area contributed by atoms with E-state index < -0.39 is 16.8 Å². The maximum atomic E-state index is 13.3. The van der Waals surface area contributed by atoms with Crippen LogP contribution in [0.1, 0.15) is 17.2 Å². The summed E-state index contributed by atoms with van der Waals surface area (Å²) in [6.45, 7) is 1.61. The molecule has 0 saturated carbocycles. The van der Waals surface area contributed by atoms with Gasteiger partial charge in [0.25, 0.3) is 0 Å². The first kappa shape index (κ1) is 10.8. The molecule has 4 heteroatoms. The Morgan fingerprint density at radius 1 is 1.38 bits per heavy atom. The minimum atomic E-state index is -1.18. The highest BCUT2D eigenvalue weighted by molar-refractivity contribution is 6.44. The van der Waals surface area contributed by atoms with Crippen LogP contribution in [0.25, 0.3) is 0 Å². The van der Waals surface area contributed by atoms with Crippen LogP contribution in [0.5, 0.6) is 0 Å². The zero-order chi connectivity index (χ0) is 10.0. The second-order valence-electron chi connectivity index (χ2n) is 2.76. The normalized spacial score (nSPS) is 13.4. The van der Waals surface area contributed by atoms with Crippen LogP contribution < -0.4 is 0 Å². The predicted molar refractivity (Wildman–Crippen MR) is 51.6 cm³/mol. The van der Waals surface area contributed by atoms with Crippen molar-refractivity contribution in [2.75, 3.05) is 0 Å². The van der Waals surface area contributed by atoms with Crippen molar-refractivity contribution in [2.24, 2.45) is 0 Å². The quantitative estimate of drug-likeness (QED) is 0.764. The molecule has 0 aromatic heterocycles. The Morgan fingerprint density at radius 2 is 2.00 bits per heavy atom. The third-order valence-corrected chi connectivity index (χ3v) is 2.26. The average Bonchev–Trinajstić information content (AvgIpc) is 2.08. The molecule has 0 radical (unpaired) electrons. The van der Waals surface area contributed by atoms with E-state index in [2.05, 4.69) is 0 Å². The van der Waals surface area contributed by atoms with E-state index in [1.54, 1.807) is 19.1 Å². The van der Waals surface area contributed by atoms with Gasteiger partial charge >= 0.3 is 0 Å². The lowest BCUT2D eigenvalue weighted by molar-refractivity contribution is 0.187. The van der Waals surface area contributed by atoms with Gasteiger partial charge in [0, 0.05) is 5.56 Å². The minimum absolute atomic E-state index is 0.134. The molecule has 0 bridgehead atoms. The van der Waals surface area contributed by atoms with E-state index in [4.69, 9.17) is 23.2 Å². The Morgan fingerprint density at radius 3 is 2.54 bits per heavy atom. The van der Waals surface area contributed by atoms with Crippen LogP contribution in [0, 0.1) is 12.7 Å². The number of hydrogen-bond acceptors (Lipinski definition) is 1. The lowest BCUT2D eigenvalue weighted by Crippen LogP contribution is -2.08. The SMILES string of the molecule is Cc1cccc(C(O)C(Cl)Cl)c1F. The summed E-state index contributed by atoms with van der Waals surface area (Å²) in [5.41, 5.74) is 0.598. The highest BCUT2D eigenvalue weighted by Gasteiger charge is 2.19. The fourth-order valence-corrected chi connectivity index (χ4v) is 1.31. The predicted octanol–water partition coefficient (Wildman–Crippen LogP) is 2.97. The van der Waals surface area contributed by atoms with Gasteiger partial charge in [-0.2, -0.15) is 0 Å². The van der Waals surface area contributed by atoms with Crippen molar-refractivity contribution in [1.82, 2.24) is 0 Å². The molecule has 0 fully saturated rings. The van der Waals surface area contributed by atoms with Crippen molar-refractivity contribution in [3.05, 3.63) is 35.1 Å². The van der Waals surface area contributed by atoms with Gasteiger partial charge in [0.2, 0.25) is 0 Å². The van der Waals surface area contributed by atoms with Gasteiger partial charge in [0.1, 0.15) is 16.8 Å². The van der Waals surface area contributed by atoms with Crippen LogP contribution in [0.15, 0.2) is 18.2 Å². The summed E-state index contributed by atoms with van der Waals surface area (Å²) < 4.78 is 13.3. The maximum Gasteiger partial charge on any atom is 0.137 e. The third kappa shape index (κ3) is 2.33. The Labute approximate surface area is 86.1 Å². The molecule has 0 aliphatic heterocycles. The van der Waals surface area contributed by atoms with E-state index in [0.717, 1.165) is 0 Å². The molecule has 1 aromatic rings. The first-order valence-electron chi connectivity index (χ1n) is 3.75. The standard InChI is InChI=1S/C9H9Cl2FO/c1-5-3-2-4-6(7(5)12)8(13)9(10)11/h2-4,8-9,13H,1H3. The van der Waals surface area contributed by atoms with Gasteiger partial charge < -0.3 is 5.11 Å². The average molecular weight is 223 g/mol. The zero-order valence-electron chi connectivity index (χ0n) is 6.97. The van der Waals surface area contributed by atoms with Gasteiger partial charge in [-0.15, -0.1) is 23.2 Å². The number of aliphatic hydroxyl groups is 1. The highest BCUT2D eigenvalue weighted by atomic mass is 35.5. The number of benzene rings is 1. The molecule has 0 aliphatic carbocycles. The molecule has 1 rings (SSSR count). The third-order valence-electron chi connectivity index (χ3n) is 1.78. The fourth-order valence-electron chi connectivity index (χ4n) is 1.03. The molecule has 0 heterocycles. The maximum absolute atomic E-state index is 13.3. The van der Waals surface area contributed by atoms with Crippen molar-refractivity contribution in [3.8, 4) is 0 Å². The molecule has 0 aliphatic rings. The van der Waals surface area contributed by atoms with E-state index in [1.807, 2.05) is 0 Å². The fraction of sp³-hybridized carbons (Fsp3) is 0.333. The summed E-state index contributed by atoms with van der Waals surface area (Å²) in [5.74, 6) is -0.457. The summed E-state index contributed by atoms with van der Waals surface area (Å²) in [7, 11) is 0. The smallest absolute Gasteiger partial charge is 0.137 e. The highest BCUT2D eigenvalue weighted by Crippen LogP contribution is 2.26. The lowest BCUT2D eigenvalue weighted by atomic mass is 10.1. The first-order chi connectivity index (χ1) is 6.04. The van der Waals surface area contributed by atoms with Crippen LogP contribution in [0.4, 0.5) is 4.39 Å². The first-order valence-corrected chi connectivity index (χ1v) is 4.62. The van der Waals surface area contributed by atoms with Gasteiger partial charge in [0.15, 0.2) is 0 Å². The lowest BCUT2D eigenvalue weighted by Gasteiger charge is -2.13. The Bertz CT molecular complexity index is 302. The van der Waals surface area contributed by atoms with Crippen molar-refractivity contribution in [2.45, 2.75) is 17.9 Å². The molecular formula is C9H9Cl2FO. The molecule has 0 saturated heterocycles. The van der Waals surface area contributed by atoms with E-state index in [0.29, 0.717) is 5.56 Å². The van der Waals surface area contributed by atoms with Crippen molar-refractivity contribution < 1.29 is 9.50 Å². The van der Waals surface area contributed by atoms with Gasteiger partial charge in [-0.25, -0.2) is 4.39 Å². The van der Waals surface area contributed by atoms with E-state index in [1.165, 1.54) is 6.07 Å². The van der Waals surface area contributed by atoms with E-state index >= 15 is 0 Å². The van der Waals surface area contributed by atoms with Gasteiger partial charge in [-0.3, -0.25) is 0 Å².